The van der Waals surface area contributed by atoms with Crippen molar-refractivity contribution in [1.82, 2.24) is 0 Å². The summed E-state index contributed by atoms with van der Waals surface area (Å²) in [6.07, 6.45) is 10.2. The molecule has 0 amide bonds. The van der Waals surface area contributed by atoms with Crippen LogP contribution in [-0.4, -0.2) is 0 Å². The third kappa shape index (κ3) is 6.44. The van der Waals surface area contributed by atoms with Crippen molar-refractivity contribution < 1.29 is 0 Å². The van der Waals surface area contributed by atoms with Gasteiger partial charge < -0.3 is 0 Å². The molecule has 0 bridgehead atoms. The van der Waals surface area contributed by atoms with Gasteiger partial charge in [0.25, 0.3) is 0 Å². The fourth-order valence-corrected chi connectivity index (χ4v) is 4.70. The van der Waals surface area contributed by atoms with Gasteiger partial charge in [-0.3, -0.25) is 0 Å². The summed E-state index contributed by atoms with van der Waals surface area (Å²) in [5.41, 5.74) is 8.14. The fraction of sp³-hybridized carbons (Fsp3) is 0.357. The van der Waals surface area contributed by atoms with Crippen LogP contribution in [0.15, 0.2) is 66.7 Å². The quantitative estimate of drug-likeness (QED) is 0.194. The normalized spacial score (nSPS) is 11.0. The molecule has 0 nitrogen and oxygen atoms in total. The summed E-state index contributed by atoms with van der Waals surface area (Å²) >= 11 is 2.49. The minimum absolute atomic E-state index is 1.19. The number of hydrogen-bond acceptors (Lipinski definition) is 0. The van der Waals surface area contributed by atoms with Crippen molar-refractivity contribution in [2.45, 2.75) is 65.2 Å². The largest absolute Gasteiger partial charge is 0.0654 e. The maximum Gasteiger partial charge on any atom is 0.0211 e. The Balaban J connectivity index is 1.68. The smallest absolute Gasteiger partial charge is 0.0211 e. The van der Waals surface area contributed by atoms with E-state index in [9.17, 15) is 0 Å². The van der Waals surface area contributed by atoms with Gasteiger partial charge in [0.1, 0.15) is 0 Å². The maximum atomic E-state index is 2.49. The predicted octanol–water partition coefficient (Wildman–Crippen LogP) is 9.09. The number of halogens is 1. The zero-order chi connectivity index (χ0) is 20.5. The van der Waals surface area contributed by atoms with Crippen molar-refractivity contribution in [3.05, 3.63) is 81.4 Å². The van der Waals surface area contributed by atoms with Crippen LogP contribution in [0.1, 0.15) is 63.5 Å². The maximum absolute atomic E-state index is 2.49. The average molecular weight is 496 g/mol. The molecule has 0 N–H and O–H groups in total. The highest BCUT2D eigenvalue weighted by atomic mass is 127. The van der Waals surface area contributed by atoms with Crippen LogP contribution in [0.5, 0.6) is 0 Å². The molecule has 0 heterocycles. The standard InChI is InChI=1S/C28H33I/c1-3-5-7-9-22-11-14-24(15-12-22)25-16-18-26(19-17-25)27-20-13-23(21-28(27)29)10-8-6-4-2/h11-21H,3-10H2,1-2H3. The van der Waals surface area contributed by atoms with E-state index in [2.05, 4.69) is 103 Å². The van der Waals surface area contributed by atoms with Crippen LogP contribution in [-0.2, 0) is 12.8 Å². The minimum Gasteiger partial charge on any atom is -0.0654 e. The molecule has 0 unspecified atom stereocenters. The first-order valence-corrected chi connectivity index (χ1v) is 12.3. The molecule has 1 heteroatoms. The molecule has 0 atom stereocenters. The molecule has 29 heavy (non-hydrogen) atoms. The predicted molar refractivity (Wildman–Crippen MR) is 136 cm³/mol. The molecule has 0 aromatic heterocycles. The van der Waals surface area contributed by atoms with E-state index in [1.54, 1.807) is 0 Å². The van der Waals surface area contributed by atoms with Gasteiger partial charge in [-0.2, -0.15) is 0 Å². The van der Waals surface area contributed by atoms with Crippen molar-refractivity contribution >= 4 is 22.6 Å². The molecular weight excluding hydrogens is 463 g/mol. The number of hydrogen-bond donors (Lipinski definition) is 0. The Bertz CT molecular complexity index is 875. The monoisotopic (exact) mass is 496 g/mol. The third-order valence-corrected chi connectivity index (χ3v) is 6.55. The molecule has 152 valence electrons. The molecule has 0 saturated heterocycles. The second-order valence-corrected chi connectivity index (χ2v) is 9.16. The van der Waals surface area contributed by atoms with Gasteiger partial charge in [-0.05, 0) is 87.7 Å². The topological polar surface area (TPSA) is 0 Å². The second kappa shape index (κ2) is 11.5. The van der Waals surface area contributed by atoms with Crippen molar-refractivity contribution in [3.8, 4) is 22.3 Å². The Morgan fingerprint density at radius 3 is 1.59 bits per heavy atom. The van der Waals surface area contributed by atoms with E-state index in [-0.39, 0.29) is 0 Å². The zero-order valence-corrected chi connectivity index (χ0v) is 20.0. The van der Waals surface area contributed by atoms with Crippen LogP contribution in [0.25, 0.3) is 22.3 Å². The number of aryl methyl sites for hydroxylation is 2. The van der Waals surface area contributed by atoms with E-state index in [4.69, 9.17) is 0 Å². The van der Waals surface area contributed by atoms with Crippen LogP contribution < -0.4 is 0 Å². The van der Waals surface area contributed by atoms with Gasteiger partial charge in [0.05, 0.1) is 0 Å². The highest BCUT2D eigenvalue weighted by Crippen LogP contribution is 2.29. The molecule has 3 rings (SSSR count). The SMILES string of the molecule is CCCCCc1ccc(-c2ccc(-c3ccc(CCCCC)cc3I)cc2)cc1. The van der Waals surface area contributed by atoms with Crippen molar-refractivity contribution in [1.29, 1.82) is 0 Å². The first-order valence-electron chi connectivity index (χ1n) is 11.2. The zero-order valence-electron chi connectivity index (χ0n) is 17.9. The molecule has 3 aromatic carbocycles. The van der Waals surface area contributed by atoms with Gasteiger partial charge in [0, 0.05) is 3.57 Å². The molecule has 0 aliphatic rings. The van der Waals surface area contributed by atoms with Crippen LogP contribution >= 0.6 is 22.6 Å². The molecule has 0 aliphatic heterocycles. The van der Waals surface area contributed by atoms with Crippen molar-refractivity contribution in [2.24, 2.45) is 0 Å². The molecule has 0 aliphatic carbocycles. The third-order valence-electron chi connectivity index (χ3n) is 5.65. The first kappa shape index (κ1) is 22.1. The highest BCUT2D eigenvalue weighted by molar-refractivity contribution is 14.1. The van der Waals surface area contributed by atoms with Crippen molar-refractivity contribution in [2.75, 3.05) is 0 Å². The molecule has 0 spiro atoms. The van der Waals surface area contributed by atoms with Gasteiger partial charge in [0.15, 0.2) is 0 Å². The van der Waals surface area contributed by atoms with E-state index < -0.39 is 0 Å². The van der Waals surface area contributed by atoms with Crippen LogP contribution in [0, 0.1) is 3.57 Å². The first-order chi connectivity index (χ1) is 14.2. The lowest BCUT2D eigenvalue weighted by Crippen LogP contribution is -1.90. The summed E-state index contributed by atoms with van der Waals surface area (Å²) < 4.78 is 1.35. The highest BCUT2D eigenvalue weighted by Gasteiger charge is 2.06. The molecule has 0 radical (unpaired) electrons. The minimum atomic E-state index is 1.19. The number of rotatable bonds is 10. The van der Waals surface area contributed by atoms with E-state index in [1.807, 2.05) is 0 Å². The van der Waals surface area contributed by atoms with Gasteiger partial charge in [-0.15, -0.1) is 0 Å². The van der Waals surface area contributed by atoms with E-state index in [0.717, 1.165) is 0 Å². The molecular formula is C28H33I. The van der Waals surface area contributed by atoms with Gasteiger partial charge in [-0.1, -0.05) is 100 Å². The Labute approximate surface area is 190 Å². The summed E-state index contributed by atoms with van der Waals surface area (Å²) in [5.74, 6) is 0. The van der Waals surface area contributed by atoms with Crippen LogP contribution in [0.2, 0.25) is 0 Å². The summed E-state index contributed by atoms with van der Waals surface area (Å²) in [4.78, 5) is 0. The second-order valence-electron chi connectivity index (χ2n) is 8.00. The molecule has 3 aromatic rings. The Morgan fingerprint density at radius 1 is 0.552 bits per heavy atom. The Kier molecular flexibility index (Phi) is 8.79. The van der Waals surface area contributed by atoms with E-state index in [1.165, 1.54) is 88.3 Å². The Hall–Kier alpha value is -1.61. The average Bonchev–Trinajstić information content (AvgIpc) is 2.75. The van der Waals surface area contributed by atoms with Gasteiger partial charge in [0.2, 0.25) is 0 Å². The van der Waals surface area contributed by atoms with E-state index in [0.29, 0.717) is 0 Å². The lowest BCUT2D eigenvalue weighted by atomic mass is 9.97. The summed E-state index contributed by atoms with van der Waals surface area (Å²) in [6.45, 7) is 4.52. The van der Waals surface area contributed by atoms with Gasteiger partial charge >= 0.3 is 0 Å². The van der Waals surface area contributed by atoms with Crippen molar-refractivity contribution in [3.63, 3.8) is 0 Å². The summed E-state index contributed by atoms with van der Waals surface area (Å²) in [7, 11) is 0. The lowest BCUT2D eigenvalue weighted by molar-refractivity contribution is 0.717. The lowest BCUT2D eigenvalue weighted by Gasteiger charge is -2.10. The van der Waals surface area contributed by atoms with Crippen LogP contribution in [0.4, 0.5) is 0 Å². The Morgan fingerprint density at radius 2 is 1.03 bits per heavy atom. The molecule has 0 fully saturated rings. The van der Waals surface area contributed by atoms with Crippen LogP contribution in [0.3, 0.4) is 0 Å². The number of benzene rings is 3. The molecule has 0 saturated carbocycles. The summed E-state index contributed by atoms with van der Waals surface area (Å²) in [5, 5.41) is 0. The van der Waals surface area contributed by atoms with E-state index >= 15 is 0 Å². The number of unbranched alkanes of at least 4 members (excludes halogenated alkanes) is 4. The fourth-order valence-electron chi connectivity index (χ4n) is 3.81. The summed E-state index contributed by atoms with van der Waals surface area (Å²) in [6, 6.07) is 25.1. The van der Waals surface area contributed by atoms with Gasteiger partial charge in [-0.25, -0.2) is 0 Å².